The molecule has 0 atom stereocenters. The van der Waals surface area contributed by atoms with E-state index in [0.29, 0.717) is 44.2 Å². The van der Waals surface area contributed by atoms with Gasteiger partial charge in [0.1, 0.15) is 0 Å². The smallest absolute Gasteiger partial charge is 0.235 e. The van der Waals surface area contributed by atoms with Gasteiger partial charge in [0, 0.05) is 18.8 Å². The highest BCUT2D eigenvalue weighted by molar-refractivity contribution is 5.99. The van der Waals surface area contributed by atoms with Crippen molar-refractivity contribution in [3.8, 4) is 5.88 Å². The Morgan fingerprint density at radius 3 is 2.67 bits per heavy atom. The second-order valence-electron chi connectivity index (χ2n) is 7.06. The van der Waals surface area contributed by atoms with Crippen molar-refractivity contribution >= 4 is 11.6 Å². The van der Waals surface area contributed by atoms with E-state index in [1.54, 1.807) is 6.20 Å². The largest absolute Gasteiger partial charge is 0.477 e. The summed E-state index contributed by atoms with van der Waals surface area (Å²) in [4.78, 5) is 17.7. The van der Waals surface area contributed by atoms with Crippen molar-refractivity contribution in [1.29, 1.82) is 0 Å². The van der Waals surface area contributed by atoms with Crippen molar-refractivity contribution in [1.82, 2.24) is 4.98 Å². The predicted octanol–water partition coefficient (Wildman–Crippen LogP) is 4.26. The lowest BCUT2D eigenvalue weighted by molar-refractivity contribution is -0.125. The predicted molar refractivity (Wildman–Crippen MR) is 106 cm³/mol. The lowest BCUT2D eigenvalue weighted by Crippen LogP contribution is -2.44. The molecule has 1 N–H and O–H groups in total. The number of rotatable bonds is 7. The van der Waals surface area contributed by atoms with Crippen molar-refractivity contribution in [2.24, 2.45) is 0 Å². The number of aromatic nitrogens is 1. The number of carbonyl (C=O) groups is 1. The summed E-state index contributed by atoms with van der Waals surface area (Å²) >= 11 is 0. The minimum atomic E-state index is -0.566. The van der Waals surface area contributed by atoms with Gasteiger partial charge in [-0.25, -0.2) is 4.98 Å². The maximum atomic E-state index is 13.3. The van der Waals surface area contributed by atoms with E-state index in [1.165, 1.54) is 0 Å². The fourth-order valence-corrected chi connectivity index (χ4v) is 3.47. The van der Waals surface area contributed by atoms with Gasteiger partial charge in [-0.3, -0.25) is 4.79 Å². The lowest BCUT2D eigenvalue weighted by Gasteiger charge is -2.36. The number of anilines is 1. The number of hydrogen-bond acceptors (Lipinski definition) is 4. The molecule has 5 nitrogen and oxygen atoms in total. The average Bonchev–Trinajstić information content (AvgIpc) is 2.71. The van der Waals surface area contributed by atoms with Crippen molar-refractivity contribution in [2.45, 2.75) is 44.9 Å². The first-order valence-corrected chi connectivity index (χ1v) is 9.70. The van der Waals surface area contributed by atoms with E-state index in [1.807, 2.05) is 43.3 Å². The van der Waals surface area contributed by atoms with Crippen molar-refractivity contribution in [3.05, 3.63) is 53.7 Å². The van der Waals surface area contributed by atoms with E-state index in [-0.39, 0.29) is 5.91 Å². The number of carbonyl (C=O) groups excluding carboxylic acids is 1. The van der Waals surface area contributed by atoms with Crippen LogP contribution in [0, 0.1) is 6.92 Å². The maximum Gasteiger partial charge on any atom is 0.235 e. The molecular weight excluding hydrogens is 340 g/mol. The number of aryl methyl sites for hydroxylation is 1. The number of nitrogens with one attached hydrogen (secondary N) is 1. The fraction of sp³-hybridized carbons (Fsp3) is 0.455. The second kappa shape index (κ2) is 9.00. The topological polar surface area (TPSA) is 60.5 Å². The average molecular weight is 368 g/mol. The summed E-state index contributed by atoms with van der Waals surface area (Å²) in [7, 11) is 0. The van der Waals surface area contributed by atoms with Crippen molar-refractivity contribution in [3.63, 3.8) is 0 Å². The van der Waals surface area contributed by atoms with E-state index in [2.05, 4.69) is 17.2 Å². The lowest BCUT2D eigenvalue weighted by atomic mass is 9.73. The number of amides is 1. The highest BCUT2D eigenvalue weighted by Gasteiger charge is 2.41. The number of ether oxygens (including phenoxy) is 2. The Bertz CT molecular complexity index is 755. The first kappa shape index (κ1) is 19.4. The van der Waals surface area contributed by atoms with Gasteiger partial charge in [0.15, 0.2) is 0 Å². The molecule has 2 heterocycles. The number of pyridine rings is 1. The molecule has 27 heavy (non-hydrogen) atoms. The van der Waals surface area contributed by atoms with Crippen LogP contribution in [0.4, 0.5) is 5.69 Å². The van der Waals surface area contributed by atoms with Crippen LogP contribution in [0.3, 0.4) is 0 Å². The maximum absolute atomic E-state index is 13.3. The van der Waals surface area contributed by atoms with Crippen molar-refractivity contribution in [2.75, 3.05) is 25.1 Å². The molecule has 144 valence electrons. The minimum Gasteiger partial charge on any atom is -0.477 e. The molecule has 3 rings (SSSR count). The molecule has 1 amide bonds. The van der Waals surface area contributed by atoms with Crippen LogP contribution in [0.25, 0.3) is 0 Å². The monoisotopic (exact) mass is 368 g/mol. The fourth-order valence-electron chi connectivity index (χ4n) is 3.47. The Morgan fingerprint density at radius 2 is 2.00 bits per heavy atom. The van der Waals surface area contributed by atoms with Crippen LogP contribution in [0.5, 0.6) is 5.88 Å². The van der Waals surface area contributed by atoms with Crippen LogP contribution in [0.2, 0.25) is 0 Å². The Kier molecular flexibility index (Phi) is 6.45. The third-order valence-electron chi connectivity index (χ3n) is 5.13. The molecular formula is C22H28N2O3. The van der Waals surface area contributed by atoms with Crippen LogP contribution in [0.15, 0.2) is 42.6 Å². The highest BCUT2D eigenvalue weighted by atomic mass is 16.5. The molecule has 0 bridgehead atoms. The van der Waals surface area contributed by atoms with Crippen LogP contribution in [-0.2, 0) is 14.9 Å². The molecule has 5 heteroatoms. The summed E-state index contributed by atoms with van der Waals surface area (Å²) in [6.45, 7) is 5.91. The Hall–Kier alpha value is -2.40. The SMILES string of the molecule is CCCCOc1ncc(NC(=O)C2(c3ccccc3)CCOCC2)cc1C. The number of nitrogens with zero attached hydrogens (tertiary/aromatic N) is 1. The molecule has 1 fully saturated rings. The summed E-state index contributed by atoms with van der Waals surface area (Å²) in [5.41, 5.74) is 2.09. The molecule has 2 aromatic rings. The van der Waals surface area contributed by atoms with Gasteiger partial charge in [0.05, 0.1) is 23.9 Å². The first-order chi connectivity index (χ1) is 13.2. The molecule has 0 unspecified atom stereocenters. The number of hydrogen-bond donors (Lipinski definition) is 1. The quantitative estimate of drug-likeness (QED) is 0.742. The molecule has 1 saturated heterocycles. The number of unbranched alkanes of at least 4 members (excludes halogenated alkanes) is 1. The third-order valence-corrected chi connectivity index (χ3v) is 5.13. The van der Waals surface area contributed by atoms with E-state index in [4.69, 9.17) is 9.47 Å². The van der Waals surface area contributed by atoms with Gasteiger partial charge in [-0.05, 0) is 37.8 Å². The van der Waals surface area contributed by atoms with E-state index in [9.17, 15) is 4.79 Å². The first-order valence-electron chi connectivity index (χ1n) is 9.70. The zero-order valence-electron chi connectivity index (χ0n) is 16.2. The van der Waals surface area contributed by atoms with Gasteiger partial charge >= 0.3 is 0 Å². The molecule has 1 aliphatic rings. The molecule has 0 radical (unpaired) electrons. The number of benzene rings is 1. The van der Waals surface area contributed by atoms with Gasteiger partial charge in [0.25, 0.3) is 0 Å². The van der Waals surface area contributed by atoms with Gasteiger partial charge < -0.3 is 14.8 Å². The van der Waals surface area contributed by atoms with Crippen LogP contribution < -0.4 is 10.1 Å². The van der Waals surface area contributed by atoms with E-state index < -0.39 is 5.41 Å². The summed E-state index contributed by atoms with van der Waals surface area (Å²) in [6.07, 6.45) is 5.10. The molecule has 0 saturated carbocycles. The summed E-state index contributed by atoms with van der Waals surface area (Å²) in [5.74, 6) is 0.628. The summed E-state index contributed by atoms with van der Waals surface area (Å²) < 4.78 is 11.2. The normalized spacial score (nSPS) is 15.9. The summed E-state index contributed by atoms with van der Waals surface area (Å²) in [5, 5.41) is 3.07. The Balaban J connectivity index is 1.77. The van der Waals surface area contributed by atoms with Crippen LogP contribution in [0.1, 0.15) is 43.7 Å². The Morgan fingerprint density at radius 1 is 1.26 bits per heavy atom. The van der Waals surface area contributed by atoms with Crippen molar-refractivity contribution < 1.29 is 14.3 Å². The van der Waals surface area contributed by atoms with Gasteiger partial charge in [-0.1, -0.05) is 43.7 Å². The van der Waals surface area contributed by atoms with Crippen LogP contribution >= 0.6 is 0 Å². The molecule has 1 aromatic carbocycles. The molecule has 1 aromatic heterocycles. The van der Waals surface area contributed by atoms with E-state index >= 15 is 0 Å². The standard InChI is InChI=1S/C22H28N2O3/c1-3-4-12-27-20-17(2)15-19(16-23-20)24-21(25)22(10-13-26-14-11-22)18-8-6-5-7-9-18/h5-9,15-16H,3-4,10-14H2,1-2H3,(H,24,25). The third kappa shape index (κ3) is 4.48. The Labute approximate surface area is 161 Å². The molecule has 0 aliphatic carbocycles. The minimum absolute atomic E-state index is 0.00199. The second-order valence-corrected chi connectivity index (χ2v) is 7.06. The highest BCUT2D eigenvalue weighted by Crippen LogP contribution is 2.36. The molecule has 0 spiro atoms. The van der Waals surface area contributed by atoms with Gasteiger partial charge in [0.2, 0.25) is 11.8 Å². The van der Waals surface area contributed by atoms with Gasteiger partial charge in [-0.15, -0.1) is 0 Å². The van der Waals surface area contributed by atoms with Gasteiger partial charge in [-0.2, -0.15) is 0 Å². The van der Waals surface area contributed by atoms with Crippen LogP contribution in [-0.4, -0.2) is 30.7 Å². The molecule has 1 aliphatic heterocycles. The van der Waals surface area contributed by atoms with E-state index in [0.717, 1.165) is 24.0 Å². The summed E-state index contributed by atoms with van der Waals surface area (Å²) in [6, 6.07) is 11.9. The zero-order chi connectivity index (χ0) is 19.1. The zero-order valence-corrected chi connectivity index (χ0v) is 16.2.